The largest absolute Gasteiger partial charge is 0.465 e. The molecule has 4 aromatic rings. The van der Waals surface area contributed by atoms with Crippen LogP contribution in [-0.4, -0.2) is 34.8 Å². The number of hydrogen-bond acceptors (Lipinski definition) is 6. The van der Waals surface area contributed by atoms with E-state index in [0.717, 1.165) is 27.8 Å². The lowest BCUT2D eigenvalue weighted by Gasteiger charge is -2.18. The van der Waals surface area contributed by atoms with Crippen LogP contribution in [0.5, 0.6) is 0 Å². The minimum Gasteiger partial charge on any atom is -0.465 e. The molecule has 0 saturated carbocycles. The van der Waals surface area contributed by atoms with Crippen molar-refractivity contribution >= 4 is 16.7 Å². The third kappa shape index (κ3) is 4.45. The minimum absolute atomic E-state index is 0.155. The van der Waals surface area contributed by atoms with E-state index < -0.39 is 5.97 Å². The van der Waals surface area contributed by atoms with Gasteiger partial charge in [0, 0.05) is 10.9 Å². The molecule has 4 rings (SSSR count). The number of fused-ring (bicyclic) bond motifs is 1. The standard InChI is InChI=1S/C26H27N3O4/c1-16-10-11-17(2)22(12-16)24-20-8-6-7-9-21(20)25(30)29(27-24)15-28(4)14-19-13-23(18(3)33-19)26(31)32-5/h6-13H,14-15H2,1-5H3. The highest BCUT2D eigenvalue weighted by Crippen LogP contribution is 2.28. The Morgan fingerprint density at radius 1 is 1.09 bits per heavy atom. The second-order valence-corrected chi connectivity index (χ2v) is 8.35. The smallest absolute Gasteiger partial charge is 0.341 e. The van der Waals surface area contributed by atoms with E-state index in [9.17, 15) is 9.59 Å². The lowest BCUT2D eigenvalue weighted by Crippen LogP contribution is -2.32. The molecule has 0 fully saturated rings. The summed E-state index contributed by atoms with van der Waals surface area (Å²) in [4.78, 5) is 27.0. The van der Waals surface area contributed by atoms with Crippen molar-refractivity contribution in [2.75, 3.05) is 14.2 Å². The number of carbonyl (C=O) groups excluding carboxylic acids is 1. The maximum atomic E-state index is 13.2. The summed E-state index contributed by atoms with van der Waals surface area (Å²) in [6.07, 6.45) is 0. The van der Waals surface area contributed by atoms with Gasteiger partial charge in [-0.25, -0.2) is 9.48 Å². The first-order chi connectivity index (χ1) is 15.8. The van der Waals surface area contributed by atoms with Crippen LogP contribution in [0.3, 0.4) is 0 Å². The number of furan rings is 1. The molecule has 0 aliphatic rings. The Morgan fingerprint density at radius 2 is 1.82 bits per heavy atom. The van der Waals surface area contributed by atoms with E-state index in [2.05, 4.69) is 18.2 Å². The average Bonchev–Trinajstić information content (AvgIpc) is 3.16. The first kappa shape index (κ1) is 22.5. The van der Waals surface area contributed by atoms with Crippen molar-refractivity contribution in [1.29, 1.82) is 0 Å². The van der Waals surface area contributed by atoms with Crippen LogP contribution >= 0.6 is 0 Å². The highest BCUT2D eigenvalue weighted by Gasteiger charge is 2.18. The van der Waals surface area contributed by atoms with Gasteiger partial charge < -0.3 is 9.15 Å². The Bertz CT molecular complexity index is 1400. The topological polar surface area (TPSA) is 77.6 Å². The van der Waals surface area contributed by atoms with Gasteiger partial charge in [-0.1, -0.05) is 35.9 Å². The summed E-state index contributed by atoms with van der Waals surface area (Å²) < 4.78 is 12.0. The fraction of sp³-hybridized carbons (Fsp3) is 0.269. The number of benzene rings is 2. The molecule has 0 saturated heterocycles. The Kier molecular flexibility index (Phi) is 6.16. The summed E-state index contributed by atoms with van der Waals surface area (Å²) in [6, 6.07) is 15.5. The molecular formula is C26H27N3O4. The predicted octanol–water partition coefficient (Wildman–Crippen LogP) is 4.46. The summed E-state index contributed by atoms with van der Waals surface area (Å²) in [5, 5.41) is 6.23. The second kappa shape index (κ2) is 9.03. The molecule has 170 valence electrons. The number of esters is 1. The third-order valence-electron chi connectivity index (χ3n) is 5.69. The van der Waals surface area contributed by atoms with Gasteiger partial charge >= 0.3 is 5.97 Å². The number of methoxy groups -OCH3 is 1. The van der Waals surface area contributed by atoms with E-state index in [0.29, 0.717) is 29.0 Å². The van der Waals surface area contributed by atoms with Crippen LogP contribution < -0.4 is 5.56 Å². The lowest BCUT2D eigenvalue weighted by atomic mass is 9.99. The second-order valence-electron chi connectivity index (χ2n) is 8.35. The third-order valence-corrected chi connectivity index (χ3v) is 5.69. The van der Waals surface area contributed by atoms with Gasteiger partial charge in [0.25, 0.3) is 5.56 Å². The summed E-state index contributed by atoms with van der Waals surface area (Å²) in [5.74, 6) is 0.679. The lowest BCUT2D eigenvalue weighted by molar-refractivity contribution is 0.0599. The van der Waals surface area contributed by atoms with Crippen molar-refractivity contribution in [2.45, 2.75) is 34.0 Å². The van der Waals surface area contributed by atoms with Crippen molar-refractivity contribution in [2.24, 2.45) is 0 Å². The van der Waals surface area contributed by atoms with E-state index >= 15 is 0 Å². The van der Waals surface area contributed by atoms with E-state index in [1.54, 1.807) is 13.0 Å². The number of carbonyl (C=O) groups is 1. The highest BCUT2D eigenvalue weighted by molar-refractivity contribution is 5.94. The summed E-state index contributed by atoms with van der Waals surface area (Å²) in [5.41, 5.74) is 4.26. The first-order valence-electron chi connectivity index (χ1n) is 10.7. The van der Waals surface area contributed by atoms with Crippen molar-refractivity contribution < 1.29 is 13.9 Å². The molecule has 33 heavy (non-hydrogen) atoms. The molecule has 7 nitrogen and oxygen atoms in total. The zero-order chi connectivity index (χ0) is 23.7. The van der Waals surface area contributed by atoms with Gasteiger partial charge in [0.1, 0.15) is 17.1 Å². The summed E-state index contributed by atoms with van der Waals surface area (Å²) >= 11 is 0. The maximum absolute atomic E-state index is 13.2. The zero-order valence-corrected chi connectivity index (χ0v) is 19.5. The van der Waals surface area contributed by atoms with Crippen LogP contribution in [-0.2, 0) is 18.0 Å². The Balaban J connectivity index is 1.71. The molecule has 0 aliphatic carbocycles. The van der Waals surface area contributed by atoms with E-state index in [1.807, 2.05) is 50.1 Å². The molecule has 7 heteroatoms. The fourth-order valence-electron chi connectivity index (χ4n) is 4.00. The van der Waals surface area contributed by atoms with Crippen molar-refractivity contribution in [3.8, 4) is 11.3 Å². The van der Waals surface area contributed by atoms with Crippen LogP contribution in [0, 0.1) is 20.8 Å². The molecule has 2 aromatic heterocycles. The van der Waals surface area contributed by atoms with Crippen molar-refractivity contribution in [3.05, 3.63) is 87.1 Å². The molecule has 0 radical (unpaired) electrons. The van der Waals surface area contributed by atoms with E-state index in [1.165, 1.54) is 11.8 Å². The Morgan fingerprint density at radius 3 is 2.55 bits per heavy atom. The van der Waals surface area contributed by atoms with Gasteiger partial charge in [-0.3, -0.25) is 9.69 Å². The zero-order valence-electron chi connectivity index (χ0n) is 19.5. The summed E-state index contributed by atoms with van der Waals surface area (Å²) in [7, 11) is 3.21. The van der Waals surface area contributed by atoms with Gasteiger partial charge in [-0.2, -0.15) is 5.10 Å². The maximum Gasteiger partial charge on any atom is 0.341 e. The number of ether oxygens (including phenoxy) is 1. The van der Waals surface area contributed by atoms with Gasteiger partial charge in [0.15, 0.2) is 0 Å². The molecular weight excluding hydrogens is 418 g/mol. The monoisotopic (exact) mass is 445 g/mol. The number of nitrogens with zero attached hydrogens (tertiary/aromatic N) is 3. The highest BCUT2D eigenvalue weighted by atomic mass is 16.5. The summed E-state index contributed by atoms with van der Waals surface area (Å²) in [6.45, 7) is 6.47. The normalized spacial score (nSPS) is 11.3. The number of aryl methyl sites for hydroxylation is 3. The van der Waals surface area contributed by atoms with Crippen LogP contribution in [0.4, 0.5) is 0 Å². The quantitative estimate of drug-likeness (QED) is 0.408. The Hall–Kier alpha value is -3.71. The van der Waals surface area contributed by atoms with Crippen LogP contribution in [0.1, 0.15) is 33.0 Å². The van der Waals surface area contributed by atoms with Crippen LogP contribution in [0.2, 0.25) is 0 Å². The van der Waals surface area contributed by atoms with Crippen LogP contribution in [0.25, 0.3) is 22.0 Å². The molecule has 2 heterocycles. The molecule has 0 spiro atoms. The van der Waals surface area contributed by atoms with Gasteiger partial charge in [-0.15, -0.1) is 0 Å². The minimum atomic E-state index is -0.435. The molecule has 0 bridgehead atoms. The number of aromatic nitrogens is 2. The van der Waals surface area contributed by atoms with Gasteiger partial charge in [0.2, 0.25) is 0 Å². The molecule has 0 amide bonds. The average molecular weight is 446 g/mol. The van der Waals surface area contributed by atoms with E-state index in [4.69, 9.17) is 14.3 Å². The molecule has 0 N–H and O–H groups in total. The number of hydrogen-bond donors (Lipinski definition) is 0. The van der Waals surface area contributed by atoms with Gasteiger partial charge in [-0.05, 0) is 51.6 Å². The van der Waals surface area contributed by atoms with Crippen molar-refractivity contribution in [1.82, 2.24) is 14.7 Å². The predicted molar refractivity (Wildman–Crippen MR) is 127 cm³/mol. The van der Waals surface area contributed by atoms with E-state index in [-0.39, 0.29) is 12.2 Å². The van der Waals surface area contributed by atoms with Gasteiger partial charge in [0.05, 0.1) is 31.4 Å². The van der Waals surface area contributed by atoms with Crippen LogP contribution in [0.15, 0.2) is 57.7 Å². The Labute approximate surface area is 192 Å². The molecule has 0 atom stereocenters. The molecule has 0 unspecified atom stereocenters. The fourth-order valence-corrected chi connectivity index (χ4v) is 4.00. The molecule has 2 aromatic carbocycles. The first-order valence-corrected chi connectivity index (χ1v) is 10.7. The van der Waals surface area contributed by atoms with Crippen molar-refractivity contribution in [3.63, 3.8) is 0 Å². The SMILES string of the molecule is COC(=O)c1cc(CN(C)Cn2nc(-c3cc(C)ccc3C)c3ccccc3c2=O)oc1C. The molecule has 0 aliphatic heterocycles. The number of rotatable bonds is 6.